The van der Waals surface area contributed by atoms with Gasteiger partial charge >= 0.3 is 5.97 Å². The van der Waals surface area contributed by atoms with Crippen molar-refractivity contribution in [3.8, 4) is 5.75 Å². The van der Waals surface area contributed by atoms with Crippen LogP contribution < -0.4 is 0 Å². The lowest BCUT2D eigenvalue weighted by Gasteiger charge is -2.16. The molecule has 0 aliphatic rings. The van der Waals surface area contributed by atoms with E-state index in [9.17, 15) is 18.3 Å². The number of nitrogens with zero attached hydrogens (tertiary/aromatic N) is 1. The van der Waals surface area contributed by atoms with E-state index in [0.717, 1.165) is 21.7 Å². The van der Waals surface area contributed by atoms with E-state index in [1.807, 2.05) is 0 Å². The molecule has 0 radical (unpaired) electrons. The smallest absolute Gasteiger partial charge is 0.345 e. The van der Waals surface area contributed by atoms with E-state index in [1.165, 1.54) is 18.5 Å². The number of aromatic carboxylic acids is 1. The van der Waals surface area contributed by atoms with Crippen molar-refractivity contribution in [2.24, 2.45) is 0 Å². The number of carbonyl (C=O) groups is 1. The quantitative estimate of drug-likeness (QED) is 0.875. The molecule has 2 rings (SSSR count). The largest absolute Gasteiger partial charge is 0.508 e. The second-order valence-electron chi connectivity index (χ2n) is 4.34. The van der Waals surface area contributed by atoms with Crippen LogP contribution in [-0.4, -0.2) is 36.0 Å². The number of carboxylic acids is 1. The molecule has 1 aromatic heterocycles. The minimum atomic E-state index is -3.80. The molecule has 0 unspecified atom stereocenters. The maximum Gasteiger partial charge on any atom is 0.345 e. The van der Waals surface area contributed by atoms with Crippen molar-refractivity contribution in [2.45, 2.75) is 11.4 Å². The Hall–Kier alpha value is -1.90. The minimum Gasteiger partial charge on any atom is -0.508 e. The molecule has 0 aliphatic carbocycles. The van der Waals surface area contributed by atoms with E-state index in [-0.39, 0.29) is 22.1 Å². The molecule has 8 heteroatoms. The van der Waals surface area contributed by atoms with Crippen LogP contribution in [0.3, 0.4) is 0 Å². The number of thiophene rings is 1. The molecule has 21 heavy (non-hydrogen) atoms. The molecule has 1 aromatic carbocycles. The van der Waals surface area contributed by atoms with E-state index in [0.29, 0.717) is 5.56 Å². The highest BCUT2D eigenvalue weighted by Crippen LogP contribution is 2.25. The highest BCUT2D eigenvalue weighted by molar-refractivity contribution is 7.89. The van der Waals surface area contributed by atoms with Crippen LogP contribution in [0.4, 0.5) is 0 Å². The maximum atomic E-state index is 12.3. The van der Waals surface area contributed by atoms with Crippen LogP contribution in [0.25, 0.3) is 0 Å². The Bertz CT molecular complexity index is 766. The van der Waals surface area contributed by atoms with Gasteiger partial charge in [0.1, 0.15) is 10.6 Å². The van der Waals surface area contributed by atoms with Gasteiger partial charge in [0.2, 0.25) is 10.0 Å². The number of para-hydroxylation sites is 1. The van der Waals surface area contributed by atoms with Crippen molar-refractivity contribution in [2.75, 3.05) is 7.05 Å². The second-order valence-corrected chi connectivity index (χ2v) is 7.30. The zero-order chi connectivity index (χ0) is 15.6. The van der Waals surface area contributed by atoms with Crippen molar-refractivity contribution >= 4 is 27.3 Å². The minimum absolute atomic E-state index is 0.00669. The van der Waals surface area contributed by atoms with E-state index in [4.69, 9.17) is 5.11 Å². The Morgan fingerprint density at radius 2 is 2.00 bits per heavy atom. The zero-order valence-electron chi connectivity index (χ0n) is 11.1. The molecule has 0 bridgehead atoms. The number of benzene rings is 1. The lowest BCUT2D eigenvalue weighted by atomic mass is 10.2. The number of rotatable bonds is 5. The average Bonchev–Trinajstić information content (AvgIpc) is 2.91. The number of phenols is 1. The summed E-state index contributed by atoms with van der Waals surface area (Å²) < 4.78 is 25.7. The molecule has 2 N–H and O–H groups in total. The predicted molar refractivity (Wildman–Crippen MR) is 78.0 cm³/mol. The fraction of sp³-hybridized carbons (Fsp3) is 0.154. The third-order valence-corrected chi connectivity index (χ3v) is 5.73. The monoisotopic (exact) mass is 327 g/mol. The Kier molecular flexibility index (Phi) is 4.31. The van der Waals surface area contributed by atoms with Crippen LogP contribution in [0, 0.1) is 0 Å². The molecule has 2 aromatic rings. The third-order valence-electron chi connectivity index (χ3n) is 2.88. The molecule has 0 saturated carbocycles. The van der Waals surface area contributed by atoms with Crippen molar-refractivity contribution in [1.82, 2.24) is 4.31 Å². The third kappa shape index (κ3) is 3.23. The topological polar surface area (TPSA) is 94.9 Å². The van der Waals surface area contributed by atoms with Gasteiger partial charge in [-0.05, 0) is 12.1 Å². The van der Waals surface area contributed by atoms with E-state index in [2.05, 4.69) is 0 Å². The number of aromatic hydroxyl groups is 1. The molecular formula is C13H13NO5S2. The Morgan fingerprint density at radius 1 is 1.33 bits per heavy atom. The van der Waals surface area contributed by atoms with Crippen molar-refractivity contribution in [3.63, 3.8) is 0 Å². The molecule has 112 valence electrons. The summed E-state index contributed by atoms with van der Waals surface area (Å²) in [7, 11) is -2.42. The molecule has 6 nitrogen and oxygen atoms in total. The van der Waals surface area contributed by atoms with E-state index < -0.39 is 16.0 Å². The standard InChI is InChI=1S/C13H13NO5S2/c1-14(7-9-4-2-3-5-11(9)15)21(18,19)10-6-12(13(16)17)20-8-10/h2-6,8,15H,7H2,1H3,(H,16,17). The first kappa shape index (κ1) is 15.5. The second kappa shape index (κ2) is 5.84. The molecule has 0 spiro atoms. The van der Waals surface area contributed by atoms with Gasteiger partial charge in [0.25, 0.3) is 0 Å². The van der Waals surface area contributed by atoms with Crippen LogP contribution in [0.15, 0.2) is 40.6 Å². The van der Waals surface area contributed by atoms with Gasteiger partial charge in [-0.25, -0.2) is 13.2 Å². The van der Waals surface area contributed by atoms with E-state index >= 15 is 0 Å². The number of hydrogen-bond donors (Lipinski definition) is 2. The van der Waals surface area contributed by atoms with Gasteiger partial charge in [-0.15, -0.1) is 11.3 Å². The van der Waals surface area contributed by atoms with Gasteiger partial charge < -0.3 is 10.2 Å². The molecule has 0 saturated heterocycles. The van der Waals surface area contributed by atoms with Gasteiger partial charge in [0.15, 0.2) is 0 Å². The Morgan fingerprint density at radius 3 is 2.57 bits per heavy atom. The summed E-state index contributed by atoms with van der Waals surface area (Å²) >= 11 is 0.857. The first-order chi connectivity index (χ1) is 9.82. The van der Waals surface area contributed by atoms with Crippen molar-refractivity contribution in [1.29, 1.82) is 0 Å². The lowest BCUT2D eigenvalue weighted by molar-refractivity contribution is 0.0702. The summed E-state index contributed by atoms with van der Waals surface area (Å²) in [5.41, 5.74) is 0.470. The number of phenolic OH excluding ortho intramolecular Hbond substituents is 1. The van der Waals surface area contributed by atoms with Gasteiger partial charge in [0, 0.05) is 24.5 Å². The fourth-order valence-electron chi connectivity index (χ4n) is 1.72. The van der Waals surface area contributed by atoms with Crippen molar-refractivity contribution < 1.29 is 23.4 Å². The average molecular weight is 327 g/mol. The number of sulfonamides is 1. The molecule has 0 fully saturated rings. The molecular weight excluding hydrogens is 314 g/mol. The van der Waals surface area contributed by atoms with E-state index in [1.54, 1.807) is 18.2 Å². The number of hydrogen-bond acceptors (Lipinski definition) is 5. The summed E-state index contributed by atoms with van der Waals surface area (Å²) in [4.78, 5) is 10.7. The molecule has 0 aliphatic heterocycles. The highest BCUT2D eigenvalue weighted by Gasteiger charge is 2.24. The van der Waals surface area contributed by atoms with Crippen LogP contribution in [0.1, 0.15) is 15.2 Å². The summed E-state index contributed by atoms with van der Waals surface area (Å²) in [5.74, 6) is -1.15. The van der Waals surface area contributed by atoms with Crippen LogP contribution in [0.5, 0.6) is 5.75 Å². The summed E-state index contributed by atoms with van der Waals surface area (Å²) in [6.07, 6.45) is 0. The summed E-state index contributed by atoms with van der Waals surface area (Å²) in [6.45, 7) is -0.00669. The highest BCUT2D eigenvalue weighted by atomic mass is 32.2. The van der Waals surface area contributed by atoms with Crippen molar-refractivity contribution in [3.05, 3.63) is 46.2 Å². The van der Waals surface area contributed by atoms with Gasteiger partial charge in [0.05, 0.1) is 4.90 Å². The molecule has 1 heterocycles. The first-order valence-corrected chi connectivity index (χ1v) is 8.19. The lowest BCUT2D eigenvalue weighted by Crippen LogP contribution is -2.26. The number of carboxylic acid groups (broad SMARTS) is 1. The summed E-state index contributed by atoms with van der Waals surface area (Å²) in [5, 5.41) is 19.8. The van der Waals surface area contributed by atoms with Crippen LogP contribution in [0.2, 0.25) is 0 Å². The van der Waals surface area contributed by atoms with Gasteiger partial charge in [-0.2, -0.15) is 4.31 Å². The first-order valence-electron chi connectivity index (χ1n) is 5.87. The Balaban J connectivity index is 2.26. The van der Waals surface area contributed by atoms with Crippen LogP contribution >= 0.6 is 11.3 Å². The maximum absolute atomic E-state index is 12.3. The molecule has 0 atom stereocenters. The van der Waals surface area contributed by atoms with Gasteiger partial charge in [-0.3, -0.25) is 0 Å². The normalized spacial score (nSPS) is 11.7. The predicted octanol–water partition coefficient (Wildman–Crippen LogP) is 1.97. The Labute approximate surface area is 125 Å². The zero-order valence-corrected chi connectivity index (χ0v) is 12.7. The van der Waals surface area contributed by atoms with Crippen LogP contribution in [-0.2, 0) is 16.6 Å². The fourth-order valence-corrected chi connectivity index (χ4v) is 3.96. The molecule has 0 amide bonds. The SMILES string of the molecule is CN(Cc1ccccc1O)S(=O)(=O)c1csc(C(=O)O)c1. The summed E-state index contributed by atoms with van der Waals surface area (Å²) in [6, 6.07) is 7.57. The van der Waals surface area contributed by atoms with Gasteiger partial charge in [-0.1, -0.05) is 18.2 Å².